The van der Waals surface area contributed by atoms with E-state index in [1.807, 2.05) is 36.4 Å². The van der Waals surface area contributed by atoms with Crippen molar-refractivity contribution in [3.05, 3.63) is 48.7 Å². The van der Waals surface area contributed by atoms with E-state index >= 15 is 0 Å². The van der Waals surface area contributed by atoms with Crippen LogP contribution in [-0.2, 0) is 0 Å². The van der Waals surface area contributed by atoms with Gasteiger partial charge in [0.15, 0.2) is 0 Å². The maximum atomic E-state index is 5.78. The Bertz CT molecular complexity index is 730. The molecule has 2 aromatic heterocycles. The Morgan fingerprint density at radius 1 is 1.09 bits per heavy atom. The summed E-state index contributed by atoms with van der Waals surface area (Å²) in [6, 6.07) is 13.9. The molecule has 0 aliphatic carbocycles. The Balaban J connectivity index is 1.33. The molecule has 3 heterocycles. The number of ether oxygens (including phenoxy) is 1. The number of aromatic amines is 1. The maximum absolute atomic E-state index is 5.78. The minimum Gasteiger partial charge on any atom is -0.477 e. The van der Waals surface area contributed by atoms with Crippen molar-refractivity contribution in [2.24, 2.45) is 5.92 Å². The van der Waals surface area contributed by atoms with E-state index in [0.717, 1.165) is 49.5 Å². The Hall–Kier alpha value is -2.56. The minimum atomic E-state index is 0.581. The number of para-hydroxylation sites is 2. The minimum absolute atomic E-state index is 0.581. The molecule has 3 aromatic rings. The van der Waals surface area contributed by atoms with Gasteiger partial charge < -0.3 is 14.6 Å². The van der Waals surface area contributed by atoms with Gasteiger partial charge in [0.05, 0.1) is 17.6 Å². The molecule has 23 heavy (non-hydrogen) atoms. The van der Waals surface area contributed by atoms with E-state index in [-0.39, 0.29) is 0 Å². The fourth-order valence-electron chi connectivity index (χ4n) is 3.04. The molecule has 0 spiro atoms. The molecule has 0 amide bonds. The predicted molar refractivity (Wildman–Crippen MR) is 90.8 cm³/mol. The maximum Gasteiger partial charge on any atom is 0.213 e. The topological polar surface area (TPSA) is 54.0 Å². The van der Waals surface area contributed by atoms with Crippen molar-refractivity contribution < 1.29 is 4.74 Å². The van der Waals surface area contributed by atoms with Gasteiger partial charge in [0.2, 0.25) is 11.8 Å². The van der Waals surface area contributed by atoms with Crippen LogP contribution in [0.15, 0.2) is 48.7 Å². The SMILES string of the molecule is c1ccc(OCC2CCN(c3nc4ccccc4[nH]3)CC2)nc1. The fraction of sp³-hybridized carbons (Fsp3) is 0.333. The number of benzene rings is 1. The number of H-pyrrole nitrogens is 1. The number of fused-ring (bicyclic) bond motifs is 1. The Morgan fingerprint density at radius 3 is 2.70 bits per heavy atom. The lowest BCUT2D eigenvalue weighted by Crippen LogP contribution is -2.36. The molecular formula is C18H20N4O. The summed E-state index contributed by atoms with van der Waals surface area (Å²) >= 11 is 0. The molecule has 0 atom stereocenters. The number of pyridine rings is 1. The number of hydrogen-bond donors (Lipinski definition) is 1. The summed E-state index contributed by atoms with van der Waals surface area (Å²) in [5.41, 5.74) is 2.13. The van der Waals surface area contributed by atoms with Crippen LogP contribution in [0.5, 0.6) is 5.88 Å². The van der Waals surface area contributed by atoms with E-state index < -0.39 is 0 Å². The zero-order valence-electron chi connectivity index (χ0n) is 13.0. The van der Waals surface area contributed by atoms with Gasteiger partial charge in [-0.2, -0.15) is 0 Å². The molecule has 0 bridgehead atoms. The molecule has 0 radical (unpaired) electrons. The number of nitrogens with zero attached hydrogens (tertiary/aromatic N) is 3. The molecule has 1 saturated heterocycles. The van der Waals surface area contributed by atoms with Crippen LogP contribution >= 0.6 is 0 Å². The Kier molecular flexibility index (Phi) is 3.84. The van der Waals surface area contributed by atoms with E-state index in [1.54, 1.807) is 6.20 Å². The molecular weight excluding hydrogens is 288 g/mol. The molecule has 1 fully saturated rings. The van der Waals surface area contributed by atoms with E-state index in [9.17, 15) is 0 Å². The largest absolute Gasteiger partial charge is 0.477 e. The van der Waals surface area contributed by atoms with E-state index in [0.29, 0.717) is 11.8 Å². The molecule has 0 saturated carbocycles. The van der Waals surface area contributed by atoms with Crippen LogP contribution in [0.25, 0.3) is 11.0 Å². The third kappa shape index (κ3) is 3.13. The van der Waals surface area contributed by atoms with Gasteiger partial charge in [-0.25, -0.2) is 9.97 Å². The van der Waals surface area contributed by atoms with Crippen LogP contribution in [0.3, 0.4) is 0 Å². The summed E-state index contributed by atoms with van der Waals surface area (Å²) in [6.45, 7) is 2.76. The smallest absolute Gasteiger partial charge is 0.213 e. The number of anilines is 1. The molecule has 1 N–H and O–H groups in total. The van der Waals surface area contributed by atoms with Gasteiger partial charge in [-0.15, -0.1) is 0 Å². The quantitative estimate of drug-likeness (QED) is 0.804. The third-order valence-corrected chi connectivity index (χ3v) is 4.40. The first-order valence-electron chi connectivity index (χ1n) is 8.12. The van der Waals surface area contributed by atoms with Crippen molar-refractivity contribution in [2.75, 3.05) is 24.6 Å². The highest BCUT2D eigenvalue weighted by Crippen LogP contribution is 2.24. The zero-order valence-corrected chi connectivity index (χ0v) is 13.0. The highest BCUT2D eigenvalue weighted by molar-refractivity contribution is 5.77. The summed E-state index contributed by atoms with van der Waals surface area (Å²) in [5.74, 6) is 2.28. The highest BCUT2D eigenvalue weighted by atomic mass is 16.5. The second kappa shape index (κ2) is 6.28. The molecule has 5 nitrogen and oxygen atoms in total. The van der Waals surface area contributed by atoms with Gasteiger partial charge in [-0.1, -0.05) is 18.2 Å². The van der Waals surface area contributed by atoms with Crippen molar-refractivity contribution in [1.82, 2.24) is 15.0 Å². The van der Waals surface area contributed by atoms with Gasteiger partial charge in [-0.05, 0) is 37.0 Å². The molecule has 1 aliphatic heterocycles. The van der Waals surface area contributed by atoms with Gasteiger partial charge in [0.1, 0.15) is 0 Å². The number of piperidine rings is 1. The first-order chi connectivity index (χ1) is 11.4. The van der Waals surface area contributed by atoms with E-state index in [1.165, 1.54) is 0 Å². The zero-order chi connectivity index (χ0) is 15.5. The van der Waals surface area contributed by atoms with Crippen LogP contribution < -0.4 is 9.64 Å². The lowest BCUT2D eigenvalue weighted by atomic mass is 9.98. The predicted octanol–water partition coefficient (Wildman–Crippen LogP) is 3.25. The van der Waals surface area contributed by atoms with Gasteiger partial charge in [-0.3, -0.25) is 0 Å². The van der Waals surface area contributed by atoms with Crippen LogP contribution in [0.2, 0.25) is 0 Å². The molecule has 5 heteroatoms. The monoisotopic (exact) mass is 308 g/mol. The summed E-state index contributed by atoms with van der Waals surface area (Å²) < 4.78 is 5.78. The highest BCUT2D eigenvalue weighted by Gasteiger charge is 2.22. The summed E-state index contributed by atoms with van der Waals surface area (Å²) in [6.07, 6.45) is 3.99. The van der Waals surface area contributed by atoms with E-state index in [4.69, 9.17) is 4.74 Å². The van der Waals surface area contributed by atoms with Crippen molar-refractivity contribution in [2.45, 2.75) is 12.8 Å². The standard InChI is InChI=1S/C18H20N4O/c1-2-6-16-15(5-1)20-18(21-16)22-11-8-14(9-12-22)13-23-17-7-3-4-10-19-17/h1-7,10,14H,8-9,11-13H2,(H,20,21). The number of hydrogen-bond acceptors (Lipinski definition) is 4. The first-order valence-corrected chi connectivity index (χ1v) is 8.12. The number of aromatic nitrogens is 3. The van der Waals surface area contributed by atoms with E-state index in [2.05, 4.69) is 25.9 Å². The van der Waals surface area contributed by atoms with Crippen LogP contribution in [-0.4, -0.2) is 34.6 Å². The van der Waals surface area contributed by atoms with Crippen molar-refractivity contribution >= 4 is 17.0 Å². The second-order valence-electron chi connectivity index (χ2n) is 5.99. The third-order valence-electron chi connectivity index (χ3n) is 4.40. The van der Waals surface area contributed by atoms with Gasteiger partial charge >= 0.3 is 0 Å². The van der Waals surface area contributed by atoms with Crippen molar-refractivity contribution in [3.8, 4) is 5.88 Å². The summed E-state index contributed by atoms with van der Waals surface area (Å²) in [4.78, 5) is 14.6. The normalized spacial score (nSPS) is 15.9. The summed E-state index contributed by atoms with van der Waals surface area (Å²) in [7, 11) is 0. The average molecular weight is 308 g/mol. The molecule has 0 unspecified atom stereocenters. The average Bonchev–Trinajstić information content (AvgIpc) is 3.05. The van der Waals surface area contributed by atoms with Gasteiger partial charge in [0.25, 0.3) is 0 Å². The Morgan fingerprint density at radius 2 is 1.91 bits per heavy atom. The molecule has 4 rings (SSSR count). The van der Waals surface area contributed by atoms with Crippen LogP contribution in [0.4, 0.5) is 5.95 Å². The lowest BCUT2D eigenvalue weighted by Gasteiger charge is -2.31. The van der Waals surface area contributed by atoms with Crippen LogP contribution in [0.1, 0.15) is 12.8 Å². The molecule has 1 aliphatic rings. The van der Waals surface area contributed by atoms with Crippen molar-refractivity contribution in [1.29, 1.82) is 0 Å². The van der Waals surface area contributed by atoms with Gasteiger partial charge in [0, 0.05) is 25.4 Å². The lowest BCUT2D eigenvalue weighted by molar-refractivity contribution is 0.216. The molecule has 118 valence electrons. The molecule has 1 aromatic carbocycles. The van der Waals surface area contributed by atoms with Crippen LogP contribution in [0, 0.1) is 5.92 Å². The number of nitrogens with one attached hydrogen (secondary N) is 1. The number of rotatable bonds is 4. The Labute approximate surface area is 135 Å². The number of imidazole rings is 1. The first kappa shape index (κ1) is 14.1. The second-order valence-corrected chi connectivity index (χ2v) is 5.99. The summed E-state index contributed by atoms with van der Waals surface area (Å²) in [5, 5.41) is 0. The fourth-order valence-corrected chi connectivity index (χ4v) is 3.04. The van der Waals surface area contributed by atoms with Crippen molar-refractivity contribution in [3.63, 3.8) is 0 Å².